The van der Waals surface area contributed by atoms with Crippen LogP contribution >= 0.6 is 0 Å². The van der Waals surface area contributed by atoms with Crippen molar-refractivity contribution in [3.8, 4) is 17.6 Å². The van der Waals surface area contributed by atoms with E-state index in [0.717, 1.165) is 16.9 Å². The molecule has 5 heteroatoms. The number of rotatable bonds is 7. The molecule has 0 aliphatic carbocycles. The monoisotopic (exact) mass is 412 g/mol. The predicted octanol–water partition coefficient (Wildman–Crippen LogP) is 5.44. The molecule has 0 aliphatic rings. The van der Waals surface area contributed by atoms with Crippen molar-refractivity contribution in [2.24, 2.45) is 0 Å². The average molecular weight is 412 g/mol. The summed E-state index contributed by atoms with van der Waals surface area (Å²) in [6.07, 6.45) is 1.55. The topological polar surface area (TPSA) is 71.3 Å². The molecule has 31 heavy (non-hydrogen) atoms. The van der Waals surface area contributed by atoms with Gasteiger partial charge in [0.1, 0.15) is 29.7 Å². The second kappa shape index (κ2) is 10.1. The highest BCUT2D eigenvalue weighted by atomic mass is 16.5. The fourth-order valence-corrected chi connectivity index (χ4v) is 3.17. The van der Waals surface area contributed by atoms with Crippen LogP contribution in [0.3, 0.4) is 0 Å². The number of carbonyl (C=O) groups excluding carboxylic acids is 1. The Bertz CT molecular complexity index is 1100. The first-order chi connectivity index (χ1) is 15.0. The van der Waals surface area contributed by atoms with Crippen LogP contribution in [-0.2, 0) is 11.4 Å². The Morgan fingerprint density at radius 1 is 0.968 bits per heavy atom. The maximum atomic E-state index is 12.4. The third kappa shape index (κ3) is 6.22. The fourth-order valence-electron chi connectivity index (χ4n) is 3.17. The normalized spacial score (nSPS) is 10.8. The molecular weight excluding hydrogens is 388 g/mol. The molecule has 3 aromatic rings. The lowest BCUT2D eigenvalue weighted by Crippen LogP contribution is -2.13. The number of nitriles is 1. The zero-order valence-electron chi connectivity index (χ0n) is 17.8. The smallest absolute Gasteiger partial charge is 0.266 e. The van der Waals surface area contributed by atoms with Crippen LogP contribution in [0.25, 0.3) is 6.08 Å². The van der Waals surface area contributed by atoms with Gasteiger partial charge in [0.2, 0.25) is 0 Å². The summed E-state index contributed by atoms with van der Waals surface area (Å²) in [5.41, 5.74) is 4.86. The van der Waals surface area contributed by atoms with Crippen LogP contribution in [0.15, 0.2) is 72.3 Å². The maximum Gasteiger partial charge on any atom is 0.266 e. The van der Waals surface area contributed by atoms with E-state index < -0.39 is 5.91 Å². The van der Waals surface area contributed by atoms with Gasteiger partial charge in [0.25, 0.3) is 5.91 Å². The van der Waals surface area contributed by atoms with Crippen molar-refractivity contribution < 1.29 is 14.3 Å². The molecule has 0 bridgehead atoms. The molecule has 0 fully saturated rings. The van der Waals surface area contributed by atoms with Gasteiger partial charge < -0.3 is 14.8 Å². The van der Waals surface area contributed by atoms with Gasteiger partial charge in [-0.05, 0) is 67.4 Å². The Hall–Kier alpha value is -4.04. The molecule has 0 saturated heterocycles. The van der Waals surface area contributed by atoms with E-state index >= 15 is 0 Å². The zero-order chi connectivity index (χ0) is 22.2. The van der Waals surface area contributed by atoms with Gasteiger partial charge >= 0.3 is 0 Å². The van der Waals surface area contributed by atoms with Gasteiger partial charge in [-0.1, -0.05) is 41.5 Å². The van der Waals surface area contributed by atoms with E-state index in [4.69, 9.17) is 9.47 Å². The maximum absolute atomic E-state index is 12.4. The van der Waals surface area contributed by atoms with Crippen LogP contribution < -0.4 is 14.8 Å². The summed E-state index contributed by atoms with van der Waals surface area (Å²) in [6.45, 7) is 4.61. The molecule has 0 saturated carbocycles. The minimum absolute atomic E-state index is 0.0136. The Labute approximate surface area is 182 Å². The minimum Gasteiger partial charge on any atom is -0.497 e. The molecular formula is C26H24N2O3. The Morgan fingerprint density at radius 3 is 2.16 bits per heavy atom. The largest absolute Gasteiger partial charge is 0.497 e. The molecule has 0 aliphatic heterocycles. The van der Waals surface area contributed by atoms with Crippen molar-refractivity contribution in [3.05, 3.63) is 94.6 Å². The third-order valence-electron chi connectivity index (χ3n) is 4.59. The van der Waals surface area contributed by atoms with E-state index in [1.54, 1.807) is 37.5 Å². The van der Waals surface area contributed by atoms with Crippen molar-refractivity contribution >= 4 is 17.7 Å². The van der Waals surface area contributed by atoms with Crippen LogP contribution in [0.4, 0.5) is 5.69 Å². The highest BCUT2D eigenvalue weighted by Crippen LogP contribution is 2.19. The molecule has 0 radical (unpaired) electrons. The van der Waals surface area contributed by atoms with Crippen LogP contribution in [0.5, 0.6) is 11.5 Å². The summed E-state index contributed by atoms with van der Waals surface area (Å²) in [5, 5.41) is 12.1. The van der Waals surface area contributed by atoms with Gasteiger partial charge in [-0.2, -0.15) is 5.26 Å². The van der Waals surface area contributed by atoms with E-state index in [2.05, 4.69) is 37.4 Å². The van der Waals surface area contributed by atoms with Crippen molar-refractivity contribution in [3.63, 3.8) is 0 Å². The summed E-state index contributed by atoms with van der Waals surface area (Å²) in [5.74, 6) is 0.939. The standard InChI is InChI=1S/C26H24N2O3/c1-18-12-19(2)14-21(13-18)17-31-25-8-4-20(5-9-25)15-22(16-27)26(29)28-23-6-10-24(30-3)11-7-23/h4-15H,17H2,1-3H3,(H,28,29)/b22-15+. The number of carbonyl (C=O) groups is 1. The average Bonchev–Trinajstić information content (AvgIpc) is 2.76. The van der Waals surface area contributed by atoms with Crippen molar-refractivity contribution in [1.82, 2.24) is 0 Å². The molecule has 3 rings (SSSR count). The first-order valence-electron chi connectivity index (χ1n) is 9.84. The van der Waals surface area contributed by atoms with Crippen molar-refractivity contribution in [2.45, 2.75) is 20.5 Å². The number of benzene rings is 3. The van der Waals surface area contributed by atoms with Crippen LogP contribution in [0.1, 0.15) is 22.3 Å². The van der Waals surface area contributed by atoms with Crippen molar-refractivity contribution in [2.75, 3.05) is 12.4 Å². The van der Waals surface area contributed by atoms with E-state index in [-0.39, 0.29) is 5.57 Å². The van der Waals surface area contributed by atoms with Gasteiger partial charge in [0, 0.05) is 5.69 Å². The molecule has 156 valence electrons. The number of ether oxygens (including phenoxy) is 2. The number of methoxy groups -OCH3 is 1. The molecule has 3 aromatic carbocycles. The quantitative estimate of drug-likeness (QED) is 0.414. The highest BCUT2D eigenvalue weighted by molar-refractivity contribution is 6.09. The number of nitrogens with zero attached hydrogens (tertiary/aromatic N) is 1. The van der Waals surface area contributed by atoms with Crippen LogP contribution in [0, 0.1) is 25.2 Å². The van der Waals surface area contributed by atoms with Gasteiger partial charge in [0.15, 0.2) is 0 Å². The fraction of sp³-hybridized carbons (Fsp3) is 0.154. The van der Waals surface area contributed by atoms with Gasteiger partial charge in [-0.15, -0.1) is 0 Å². The van der Waals surface area contributed by atoms with Crippen LogP contribution in [0.2, 0.25) is 0 Å². The third-order valence-corrected chi connectivity index (χ3v) is 4.59. The lowest BCUT2D eigenvalue weighted by Gasteiger charge is -2.09. The van der Waals surface area contributed by atoms with Gasteiger partial charge in [0.05, 0.1) is 7.11 Å². The molecule has 0 unspecified atom stereocenters. The van der Waals surface area contributed by atoms with Gasteiger partial charge in [-0.3, -0.25) is 4.79 Å². The zero-order valence-corrected chi connectivity index (χ0v) is 17.8. The Morgan fingerprint density at radius 2 is 1.58 bits per heavy atom. The van der Waals surface area contributed by atoms with E-state index in [1.807, 2.05) is 30.3 Å². The molecule has 0 aromatic heterocycles. The van der Waals surface area contributed by atoms with Crippen LogP contribution in [-0.4, -0.2) is 13.0 Å². The summed E-state index contributed by atoms with van der Waals surface area (Å²) in [7, 11) is 1.57. The first kappa shape index (κ1) is 21.7. The van der Waals surface area contributed by atoms with E-state index in [0.29, 0.717) is 18.0 Å². The second-order valence-electron chi connectivity index (χ2n) is 7.21. The highest BCUT2D eigenvalue weighted by Gasteiger charge is 2.10. The number of amides is 1. The molecule has 0 atom stereocenters. The Balaban J connectivity index is 1.64. The number of hydrogen-bond acceptors (Lipinski definition) is 4. The summed E-state index contributed by atoms with van der Waals surface area (Å²) >= 11 is 0. The molecule has 0 spiro atoms. The predicted molar refractivity (Wildman–Crippen MR) is 122 cm³/mol. The molecule has 1 amide bonds. The summed E-state index contributed by atoms with van der Waals surface area (Å²) in [4.78, 5) is 12.4. The van der Waals surface area contributed by atoms with Gasteiger partial charge in [-0.25, -0.2) is 0 Å². The number of anilines is 1. The van der Waals surface area contributed by atoms with E-state index in [9.17, 15) is 10.1 Å². The minimum atomic E-state index is -0.470. The molecule has 1 N–H and O–H groups in total. The molecule has 0 heterocycles. The summed E-state index contributed by atoms with van der Waals surface area (Å²) in [6, 6.07) is 22.5. The number of hydrogen-bond donors (Lipinski definition) is 1. The summed E-state index contributed by atoms with van der Waals surface area (Å²) < 4.78 is 11.0. The Kier molecular flexibility index (Phi) is 7.08. The lowest BCUT2D eigenvalue weighted by atomic mass is 10.1. The number of nitrogens with one attached hydrogen (secondary N) is 1. The van der Waals surface area contributed by atoms with E-state index in [1.165, 1.54) is 11.1 Å². The second-order valence-corrected chi connectivity index (χ2v) is 7.21. The lowest BCUT2D eigenvalue weighted by molar-refractivity contribution is -0.112. The SMILES string of the molecule is COc1ccc(NC(=O)/C(C#N)=C/c2ccc(OCc3cc(C)cc(C)c3)cc2)cc1. The number of aryl methyl sites for hydroxylation is 2. The van der Waals surface area contributed by atoms with Crippen molar-refractivity contribution in [1.29, 1.82) is 5.26 Å². The first-order valence-corrected chi connectivity index (χ1v) is 9.84. The molecule has 5 nitrogen and oxygen atoms in total.